The lowest BCUT2D eigenvalue weighted by molar-refractivity contribution is 0.0950. The highest BCUT2D eigenvalue weighted by Crippen LogP contribution is 2.38. The Bertz CT molecular complexity index is 1080. The number of H-pyrrole nitrogens is 1. The Labute approximate surface area is 159 Å². The molecule has 0 saturated heterocycles. The second-order valence-corrected chi connectivity index (χ2v) is 6.46. The summed E-state index contributed by atoms with van der Waals surface area (Å²) >= 11 is 6.23. The highest BCUT2D eigenvalue weighted by molar-refractivity contribution is 6.32. The lowest BCUT2D eigenvalue weighted by atomic mass is 10.1. The molecule has 138 valence electrons. The van der Waals surface area contributed by atoms with Gasteiger partial charge in [-0.1, -0.05) is 29.8 Å². The van der Waals surface area contributed by atoms with Crippen LogP contribution in [0, 0.1) is 0 Å². The molecule has 0 fully saturated rings. The van der Waals surface area contributed by atoms with E-state index < -0.39 is 0 Å². The monoisotopic (exact) mass is 385 g/mol. The molecule has 3 aromatic rings. The van der Waals surface area contributed by atoms with Gasteiger partial charge in [0.25, 0.3) is 11.5 Å². The number of ether oxygens (including phenoxy) is 2. The van der Waals surface area contributed by atoms with E-state index in [4.69, 9.17) is 21.1 Å². The van der Waals surface area contributed by atoms with Crippen molar-refractivity contribution in [3.05, 3.63) is 63.0 Å². The van der Waals surface area contributed by atoms with Crippen molar-refractivity contribution in [3.8, 4) is 11.5 Å². The third-order valence-electron chi connectivity index (χ3n) is 4.27. The van der Waals surface area contributed by atoms with Crippen LogP contribution in [-0.2, 0) is 6.42 Å². The van der Waals surface area contributed by atoms with Gasteiger partial charge in [-0.15, -0.1) is 0 Å². The van der Waals surface area contributed by atoms with Crippen LogP contribution in [0.3, 0.4) is 0 Å². The van der Waals surface area contributed by atoms with E-state index >= 15 is 0 Å². The molecule has 8 heteroatoms. The molecular formula is C19H16ClN3O4. The quantitative estimate of drug-likeness (QED) is 0.719. The number of halogens is 1. The third-order valence-corrected chi connectivity index (χ3v) is 4.55. The fraction of sp³-hybridized carbons (Fsp3) is 0.211. The Kier molecular flexibility index (Phi) is 4.68. The number of carbonyl (C=O) groups is 1. The molecule has 2 aromatic carbocycles. The maximum absolute atomic E-state index is 12.5. The van der Waals surface area contributed by atoms with Crippen LogP contribution < -0.4 is 20.3 Å². The summed E-state index contributed by atoms with van der Waals surface area (Å²) in [5, 5.41) is 10.5. The van der Waals surface area contributed by atoms with Gasteiger partial charge >= 0.3 is 0 Å². The summed E-state index contributed by atoms with van der Waals surface area (Å²) in [5.74, 6) is 0.814. The minimum atomic E-state index is -0.355. The van der Waals surface area contributed by atoms with Gasteiger partial charge in [-0.3, -0.25) is 9.59 Å². The first-order valence-electron chi connectivity index (χ1n) is 8.47. The van der Waals surface area contributed by atoms with Gasteiger partial charge in [-0.2, -0.15) is 5.10 Å². The molecule has 0 bridgehead atoms. The molecule has 27 heavy (non-hydrogen) atoms. The molecular weight excluding hydrogens is 370 g/mol. The molecule has 1 aliphatic heterocycles. The van der Waals surface area contributed by atoms with Gasteiger partial charge in [-0.25, -0.2) is 5.10 Å². The SMILES string of the molecule is O=C(NCCc1cc(Cl)c2c(c1)OCCO2)c1n[nH]c(=O)c2ccccc12. The van der Waals surface area contributed by atoms with Crippen LogP contribution in [0.1, 0.15) is 16.1 Å². The van der Waals surface area contributed by atoms with E-state index in [2.05, 4.69) is 15.5 Å². The average molecular weight is 386 g/mol. The van der Waals surface area contributed by atoms with Gasteiger partial charge in [0.1, 0.15) is 13.2 Å². The largest absolute Gasteiger partial charge is 0.486 e. The number of nitrogens with one attached hydrogen (secondary N) is 2. The zero-order valence-corrected chi connectivity index (χ0v) is 15.0. The Morgan fingerprint density at radius 1 is 1.19 bits per heavy atom. The van der Waals surface area contributed by atoms with Crippen molar-refractivity contribution >= 4 is 28.3 Å². The van der Waals surface area contributed by atoms with E-state index in [0.29, 0.717) is 53.5 Å². The maximum atomic E-state index is 12.5. The molecule has 0 unspecified atom stereocenters. The van der Waals surface area contributed by atoms with Crippen molar-refractivity contribution in [1.29, 1.82) is 0 Å². The first kappa shape index (κ1) is 17.4. The number of rotatable bonds is 4. The highest BCUT2D eigenvalue weighted by Gasteiger charge is 2.17. The van der Waals surface area contributed by atoms with E-state index in [0.717, 1.165) is 5.56 Å². The second-order valence-electron chi connectivity index (χ2n) is 6.05. The van der Waals surface area contributed by atoms with E-state index in [9.17, 15) is 9.59 Å². The fourth-order valence-electron chi connectivity index (χ4n) is 3.00. The number of fused-ring (bicyclic) bond motifs is 2. The number of amides is 1. The molecule has 1 amide bonds. The Balaban J connectivity index is 1.47. The minimum absolute atomic E-state index is 0.186. The smallest absolute Gasteiger partial charge is 0.272 e. The fourth-order valence-corrected chi connectivity index (χ4v) is 3.29. The van der Waals surface area contributed by atoms with E-state index in [1.165, 1.54) is 0 Å². The van der Waals surface area contributed by atoms with Crippen molar-refractivity contribution in [1.82, 2.24) is 15.5 Å². The van der Waals surface area contributed by atoms with Gasteiger partial charge in [0.05, 0.1) is 10.4 Å². The average Bonchev–Trinajstić information content (AvgIpc) is 2.68. The van der Waals surface area contributed by atoms with Gasteiger partial charge < -0.3 is 14.8 Å². The lowest BCUT2D eigenvalue weighted by Gasteiger charge is -2.20. The number of hydrogen-bond acceptors (Lipinski definition) is 5. The van der Waals surface area contributed by atoms with Crippen LogP contribution in [0.4, 0.5) is 0 Å². The van der Waals surface area contributed by atoms with Gasteiger partial charge in [0.15, 0.2) is 17.2 Å². The summed E-state index contributed by atoms with van der Waals surface area (Å²) in [6.07, 6.45) is 0.559. The zero-order valence-electron chi connectivity index (χ0n) is 14.3. The number of carbonyl (C=O) groups excluding carboxylic acids is 1. The summed E-state index contributed by atoms with van der Waals surface area (Å²) in [6.45, 7) is 1.33. The number of aromatic amines is 1. The maximum Gasteiger partial charge on any atom is 0.272 e. The summed E-state index contributed by atoms with van der Waals surface area (Å²) < 4.78 is 11.1. The molecule has 4 rings (SSSR count). The van der Waals surface area contributed by atoms with Crippen molar-refractivity contribution in [3.63, 3.8) is 0 Å². The van der Waals surface area contributed by atoms with Crippen molar-refractivity contribution in [2.45, 2.75) is 6.42 Å². The molecule has 2 heterocycles. The molecule has 0 spiro atoms. The van der Waals surface area contributed by atoms with E-state index in [-0.39, 0.29) is 17.2 Å². The van der Waals surface area contributed by atoms with Crippen LogP contribution in [0.2, 0.25) is 5.02 Å². The second kappa shape index (κ2) is 7.28. The van der Waals surface area contributed by atoms with Crippen LogP contribution in [0.15, 0.2) is 41.2 Å². The predicted octanol–water partition coefficient (Wildman–Crippen LogP) is 2.32. The topological polar surface area (TPSA) is 93.3 Å². The molecule has 2 N–H and O–H groups in total. The minimum Gasteiger partial charge on any atom is -0.486 e. The molecule has 0 radical (unpaired) electrons. The van der Waals surface area contributed by atoms with Crippen molar-refractivity contribution in [2.75, 3.05) is 19.8 Å². The van der Waals surface area contributed by atoms with Crippen LogP contribution in [-0.4, -0.2) is 35.9 Å². The number of hydrogen-bond donors (Lipinski definition) is 2. The van der Waals surface area contributed by atoms with Crippen LogP contribution in [0.25, 0.3) is 10.8 Å². The molecule has 1 aliphatic rings. The molecule has 1 aromatic heterocycles. The summed E-state index contributed by atoms with van der Waals surface area (Å²) in [5.41, 5.74) is 0.780. The van der Waals surface area contributed by atoms with Gasteiger partial charge in [0, 0.05) is 11.9 Å². The first-order valence-corrected chi connectivity index (χ1v) is 8.85. The summed E-state index contributed by atoms with van der Waals surface area (Å²) in [7, 11) is 0. The van der Waals surface area contributed by atoms with Crippen molar-refractivity contribution in [2.24, 2.45) is 0 Å². The Morgan fingerprint density at radius 2 is 1.96 bits per heavy atom. The normalized spacial score (nSPS) is 12.8. The van der Waals surface area contributed by atoms with Crippen molar-refractivity contribution < 1.29 is 14.3 Å². The summed E-state index contributed by atoms with van der Waals surface area (Å²) in [4.78, 5) is 24.3. The van der Waals surface area contributed by atoms with Gasteiger partial charge in [0.2, 0.25) is 0 Å². The lowest BCUT2D eigenvalue weighted by Crippen LogP contribution is -2.28. The number of benzene rings is 2. The third kappa shape index (κ3) is 3.46. The van der Waals surface area contributed by atoms with Crippen LogP contribution in [0.5, 0.6) is 11.5 Å². The standard InChI is InChI=1S/C19H16ClN3O4/c20-14-9-11(10-15-17(14)27-8-7-26-15)5-6-21-19(25)16-12-3-1-2-4-13(12)18(24)23-22-16/h1-4,9-10H,5-8H2,(H,21,25)(H,23,24). The summed E-state index contributed by atoms with van der Waals surface area (Å²) in [6, 6.07) is 10.5. The Hall–Kier alpha value is -3.06. The molecule has 0 atom stereocenters. The predicted molar refractivity (Wildman–Crippen MR) is 101 cm³/mol. The molecule has 7 nitrogen and oxygen atoms in total. The molecule has 0 saturated carbocycles. The molecule has 0 aliphatic carbocycles. The Morgan fingerprint density at radius 3 is 2.81 bits per heavy atom. The van der Waals surface area contributed by atoms with E-state index in [1.807, 2.05) is 6.07 Å². The highest BCUT2D eigenvalue weighted by atomic mass is 35.5. The first-order chi connectivity index (χ1) is 13.1. The number of aromatic nitrogens is 2. The van der Waals surface area contributed by atoms with Crippen LogP contribution >= 0.6 is 11.6 Å². The zero-order chi connectivity index (χ0) is 18.8. The van der Waals surface area contributed by atoms with Gasteiger partial charge in [-0.05, 0) is 30.2 Å². The number of nitrogens with zero attached hydrogens (tertiary/aromatic N) is 1. The van der Waals surface area contributed by atoms with E-state index in [1.54, 1.807) is 30.3 Å².